The van der Waals surface area contributed by atoms with E-state index in [2.05, 4.69) is 27.9 Å². The maximum atomic E-state index is 13.0. The average Bonchev–Trinajstić information content (AvgIpc) is 3.21. The Labute approximate surface area is 260 Å². The van der Waals surface area contributed by atoms with E-state index < -0.39 is 29.6 Å². The number of carboxylic acid groups (broad SMARTS) is 1. The Morgan fingerprint density at radius 3 is 2.43 bits per heavy atom. The van der Waals surface area contributed by atoms with E-state index in [1.165, 1.54) is 6.07 Å². The quantitative estimate of drug-likeness (QED) is 0.171. The molecule has 0 saturated carbocycles. The number of thioether (sulfide) groups is 1. The molecule has 0 atom stereocenters. The summed E-state index contributed by atoms with van der Waals surface area (Å²) in [7, 11) is 0. The van der Waals surface area contributed by atoms with Crippen LogP contribution in [0.2, 0.25) is 0 Å². The maximum Gasteiger partial charge on any atom is 0.335 e. The van der Waals surface area contributed by atoms with Gasteiger partial charge in [0.25, 0.3) is 11.1 Å². The van der Waals surface area contributed by atoms with E-state index in [0.717, 1.165) is 16.7 Å². The number of amides is 3. The summed E-state index contributed by atoms with van der Waals surface area (Å²) in [6, 6.07) is 16.7. The number of carboxylic acids is 1. The number of aromatic carboxylic acids is 1. The fourth-order valence-electron chi connectivity index (χ4n) is 3.96. The van der Waals surface area contributed by atoms with Crippen LogP contribution < -0.4 is 19.5 Å². The molecule has 1 aliphatic rings. The molecule has 0 aliphatic carbocycles. The Bertz CT molecular complexity index is 1540. The van der Waals surface area contributed by atoms with Crippen molar-refractivity contribution in [3.63, 3.8) is 0 Å². The molecule has 0 unspecified atom stereocenters. The number of carbonyl (C=O) groups excluding carboxylic acids is 3. The minimum Gasteiger partial charge on any atom is -0.494 e. The molecule has 1 aliphatic heterocycles. The highest BCUT2D eigenvalue weighted by molar-refractivity contribution is 14.1. The van der Waals surface area contributed by atoms with Gasteiger partial charge in [0.15, 0.2) is 11.5 Å². The first-order valence-electron chi connectivity index (χ1n) is 12.9. The van der Waals surface area contributed by atoms with Crippen molar-refractivity contribution in [3.8, 4) is 17.2 Å². The van der Waals surface area contributed by atoms with Crippen molar-refractivity contribution in [2.24, 2.45) is 0 Å². The minimum absolute atomic E-state index is 0.119. The number of benzene rings is 3. The van der Waals surface area contributed by atoms with Crippen molar-refractivity contribution in [2.75, 3.05) is 25.1 Å². The summed E-state index contributed by atoms with van der Waals surface area (Å²) < 4.78 is 17.9. The van der Waals surface area contributed by atoms with Gasteiger partial charge in [0, 0.05) is 5.69 Å². The lowest BCUT2D eigenvalue weighted by Gasteiger charge is -2.15. The molecule has 2 N–H and O–H groups in total. The Morgan fingerprint density at radius 1 is 1.00 bits per heavy atom. The third-order valence-electron chi connectivity index (χ3n) is 5.81. The number of hydrogen-bond acceptors (Lipinski definition) is 8. The van der Waals surface area contributed by atoms with Crippen molar-refractivity contribution < 1.29 is 38.5 Å². The molecule has 0 spiro atoms. The van der Waals surface area contributed by atoms with E-state index in [1.807, 2.05) is 13.8 Å². The molecule has 42 heavy (non-hydrogen) atoms. The highest BCUT2D eigenvalue weighted by Crippen LogP contribution is 2.38. The van der Waals surface area contributed by atoms with Gasteiger partial charge in [-0.1, -0.05) is 12.1 Å². The average molecular weight is 703 g/mol. The van der Waals surface area contributed by atoms with Crippen molar-refractivity contribution in [1.29, 1.82) is 0 Å². The van der Waals surface area contributed by atoms with Gasteiger partial charge in [-0.15, -0.1) is 0 Å². The monoisotopic (exact) mass is 702 g/mol. The SMILES string of the molecule is CCOc1ccc(NC(=O)CN2C(=O)S/C(=C/c3cc(I)c(OCc4cccc(C(=O)O)c4)c(OCC)c3)C2=O)cc1. The van der Waals surface area contributed by atoms with E-state index >= 15 is 0 Å². The summed E-state index contributed by atoms with van der Waals surface area (Å²) in [5.41, 5.74) is 1.96. The minimum atomic E-state index is -1.02. The zero-order valence-corrected chi connectivity index (χ0v) is 25.7. The summed E-state index contributed by atoms with van der Waals surface area (Å²) in [6.07, 6.45) is 1.57. The molecule has 12 heteroatoms. The van der Waals surface area contributed by atoms with E-state index in [0.29, 0.717) is 50.8 Å². The van der Waals surface area contributed by atoms with Gasteiger partial charge in [-0.05, 0) is 114 Å². The maximum absolute atomic E-state index is 13.0. The standard InChI is InChI=1S/C30H27IN2O8S/c1-3-39-22-10-8-21(9-11-22)32-26(34)16-33-28(35)25(42-30(33)38)15-19-13-23(31)27(24(14-19)40-4-2)41-17-18-6-5-7-20(12-18)29(36)37/h5-15H,3-4,16-17H2,1-2H3,(H,32,34)(H,36,37)/b25-15+. The molecule has 3 amide bonds. The second-order valence-corrected chi connectivity index (χ2v) is 11.0. The van der Waals surface area contributed by atoms with Gasteiger partial charge in [0.1, 0.15) is 18.9 Å². The highest BCUT2D eigenvalue weighted by atomic mass is 127. The normalized spacial score (nSPS) is 13.8. The molecule has 0 aromatic heterocycles. The van der Waals surface area contributed by atoms with Crippen molar-refractivity contribution in [2.45, 2.75) is 20.5 Å². The van der Waals surface area contributed by atoms with Crippen LogP contribution in [0, 0.1) is 3.57 Å². The molecule has 0 bridgehead atoms. The molecule has 3 aromatic carbocycles. The number of nitrogens with zero attached hydrogens (tertiary/aromatic N) is 1. The van der Waals surface area contributed by atoms with E-state index in [9.17, 15) is 24.3 Å². The third-order valence-corrected chi connectivity index (χ3v) is 7.52. The lowest BCUT2D eigenvalue weighted by atomic mass is 10.1. The van der Waals surface area contributed by atoms with Crippen molar-refractivity contribution >= 4 is 69.1 Å². The van der Waals surface area contributed by atoms with Gasteiger partial charge in [-0.2, -0.15) is 0 Å². The molecular weight excluding hydrogens is 675 g/mol. The van der Waals surface area contributed by atoms with Crippen LogP contribution in [0.3, 0.4) is 0 Å². The van der Waals surface area contributed by atoms with Crippen LogP contribution in [0.1, 0.15) is 35.3 Å². The smallest absolute Gasteiger partial charge is 0.335 e. The van der Waals surface area contributed by atoms with Crippen LogP contribution in [-0.2, 0) is 16.2 Å². The van der Waals surface area contributed by atoms with E-state index in [4.69, 9.17) is 14.2 Å². The van der Waals surface area contributed by atoms with Crippen molar-refractivity contribution in [1.82, 2.24) is 4.90 Å². The summed E-state index contributed by atoms with van der Waals surface area (Å²) in [4.78, 5) is 50.6. The molecule has 4 rings (SSSR count). The molecule has 218 valence electrons. The number of hydrogen-bond donors (Lipinski definition) is 2. The van der Waals surface area contributed by atoms with Crippen LogP contribution in [-0.4, -0.2) is 52.8 Å². The largest absolute Gasteiger partial charge is 0.494 e. The number of imide groups is 1. The molecule has 3 aromatic rings. The predicted molar refractivity (Wildman–Crippen MR) is 167 cm³/mol. The van der Waals surface area contributed by atoms with Gasteiger partial charge in [0.05, 0.1) is 27.3 Å². The lowest BCUT2D eigenvalue weighted by Crippen LogP contribution is -2.36. The molecule has 0 radical (unpaired) electrons. The fraction of sp³-hybridized carbons (Fsp3) is 0.200. The van der Waals surface area contributed by atoms with Gasteiger partial charge in [-0.25, -0.2) is 4.79 Å². The summed E-state index contributed by atoms with van der Waals surface area (Å²) in [5, 5.41) is 11.4. The number of halogens is 1. The first-order valence-corrected chi connectivity index (χ1v) is 14.8. The number of anilines is 1. The predicted octanol–water partition coefficient (Wildman–Crippen LogP) is 6.04. The fourth-order valence-corrected chi connectivity index (χ4v) is 5.58. The summed E-state index contributed by atoms with van der Waals surface area (Å²) in [5.74, 6) is -0.541. The highest BCUT2D eigenvalue weighted by Gasteiger charge is 2.36. The zero-order chi connectivity index (χ0) is 30.2. The topological polar surface area (TPSA) is 131 Å². The number of carbonyl (C=O) groups is 4. The summed E-state index contributed by atoms with van der Waals surface area (Å²) >= 11 is 2.84. The molecule has 10 nitrogen and oxygen atoms in total. The van der Waals surface area contributed by atoms with E-state index in [1.54, 1.807) is 60.7 Å². The van der Waals surface area contributed by atoms with Crippen LogP contribution >= 0.6 is 34.4 Å². The Morgan fingerprint density at radius 2 is 1.74 bits per heavy atom. The molecule has 1 saturated heterocycles. The van der Waals surface area contributed by atoms with Gasteiger partial charge in [-0.3, -0.25) is 19.3 Å². The Kier molecular flexibility index (Phi) is 10.5. The van der Waals surface area contributed by atoms with Crippen LogP contribution in [0.15, 0.2) is 65.6 Å². The number of nitrogens with one attached hydrogen (secondary N) is 1. The van der Waals surface area contributed by atoms with E-state index in [-0.39, 0.29) is 17.1 Å². The second kappa shape index (κ2) is 14.2. The third kappa shape index (κ3) is 7.82. The zero-order valence-electron chi connectivity index (χ0n) is 22.7. The van der Waals surface area contributed by atoms with Crippen LogP contribution in [0.25, 0.3) is 6.08 Å². The molecular formula is C30H27IN2O8S. The molecule has 1 fully saturated rings. The first-order chi connectivity index (χ1) is 20.2. The summed E-state index contributed by atoms with van der Waals surface area (Å²) in [6.45, 7) is 4.26. The second-order valence-electron chi connectivity index (χ2n) is 8.83. The Balaban J connectivity index is 1.46. The first kappa shape index (κ1) is 30.9. The number of rotatable bonds is 12. The van der Waals surface area contributed by atoms with Crippen LogP contribution in [0.5, 0.6) is 17.2 Å². The van der Waals surface area contributed by atoms with Crippen LogP contribution in [0.4, 0.5) is 10.5 Å². The van der Waals surface area contributed by atoms with Gasteiger partial charge >= 0.3 is 5.97 Å². The Hall–Kier alpha value is -4.04. The molecule has 1 heterocycles. The van der Waals surface area contributed by atoms with Gasteiger partial charge in [0.2, 0.25) is 5.91 Å². The number of ether oxygens (including phenoxy) is 3. The lowest BCUT2D eigenvalue weighted by molar-refractivity contribution is -0.127. The van der Waals surface area contributed by atoms with Gasteiger partial charge < -0.3 is 24.6 Å². The van der Waals surface area contributed by atoms with Crippen molar-refractivity contribution in [3.05, 3.63) is 85.8 Å².